The summed E-state index contributed by atoms with van der Waals surface area (Å²) >= 11 is 0. The minimum absolute atomic E-state index is 0.0000299. The summed E-state index contributed by atoms with van der Waals surface area (Å²) in [4.78, 5) is 56.1. The first kappa shape index (κ1) is 21.2. The molecule has 4 amide bonds. The van der Waals surface area contributed by atoms with E-state index in [2.05, 4.69) is 5.32 Å². The molecule has 1 N–H and O–H groups in total. The molecule has 9 heteroatoms. The van der Waals surface area contributed by atoms with Crippen LogP contribution in [0.1, 0.15) is 30.1 Å². The second-order valence-electron chi connectivity index (χ2n) is 8.81. The Balaban J connectivity index is 1.32. The number of rotatable bonds is 2. The third-order valence-electron chi connectivity index (χ3n) is 6.86. The van der Waals surface area contributed by atoms with Crippen molar-refractivity contribution in [3.8, 4) is 11.3 Å². The normalized spacial score (nSPS) is 21.2. The van der Waals surface area contributed by atoms with Crippen molar-refractivity contribution >= 4 is 29.3 Å². The van der Waals surface area contributed by atoms with Crippen molar-refractivity contribution in [3.05, 3.63) is 42.2 Å². The Labute approximate surface area is 191 Å². The number of hydrogen-bond acceptors (Lipinski definition) is 5. The van der Waals surface area contributed by atoms with Crippen LogP contribution in [-0.4, -0.2) is 77.1 Å². The maximum atomic E-state index is 13.4. The zero-order valence-electron chi connectivity index (χ0n) is 18.5. The van der Waals surface area contributed by atoms with Crippen molar-refractivity contribution in [1.82, 2.24) is 14.7 Å². The van der Waals surface area contributed by atoms with Crippen LogP contribution in [0.3, 0.4) is 0 Å². The molecule has 4 heterocycles. The molecule has 2 saturated heterocycles. The van der Waals surface area contributed by atoms with Gasteiger partial charge in [0.15, 0.2) is 0 Å². The SMILES string of the molecule is CC(=O)N1CCC(C(=O)N2CCN3C(=O)c4cc(-c5ccco5)ccc4NC(=O)C3C2)CC1. The Bertz CT molecular complexity index is 1100. The Kier molecular flexibility index (Phi) is 5.39. The van der Waals surface area contributed by atoms with Crippen LogP contribution in [0.5, 0.6) is 0 Å². The molecule has 33 heavy (non-hydrogen) atoms. The molecule has 3 aliphatic heterocycles. The predicted octanol–water partition coefficient (Wildman–Crippen LogP) is 1.81. The molecule has 0 saturated carbocycles. The number of likely N-dealkylation sites (tertiary alicyclic amines) is 1. The summed E-state index contributed by atoms with van der Waals surface area (Å²) in [5, 5.41) is 2.87. The number of fused-ring (bicyclic) bond motifs is 2. The van der Waals surface area contributed by atoms with E-state index in [1.165, 1.54) is 0 Å². The van der Waals surface area contributed by atoms with Gasteiger partial charge in [0.1, 0.15) is 11.8 Å². The molecule has 9 nitrogen and oxygen atoms in total. The number of amides is 4. The fraction of sp³-hybridized carbons (Fsp3) is 0.417. The zero-order chi connectivity index (χ0) is 23.1. The number of benzene rings is 1. The number of piperazine rings is 1. The Morgan fingerprint density at radius 3 is 2.52 bits per heavy atom. The maximum Gasteiger partial charge on any atom is 0.256 e. The molecule has 1 atom stereocenters. The topological polar surface area (TPSA) is 103 Å². The number of anilines is 1. The number of nitrogens with one attached hydrogen (secondary N) is 1. The largest absolute Gasteiger partial charge is 0.464 e. The minimum atomic E-state index is -0.744. The summed E-state index contributed by atoms with van der Waals surface area (Å²) < 4.78 is 5.44. The summed E-state index contributed by atoms with van der Waals surface area (Å²) in [6, 6.07) is 8.11. The molecule has 0 bridgehead atoms. The molecule has 3 aliphatic rings. The molecule has 0 spiro atoms. The van der Waals surface area contributed by atoms with Crippen molar-refractivity contribution in [2.75, 3.05) is 38.0 Å². The lowest BCUT2D eigenvalue weighted by Crippen LogP contribution is -2.60. The van der Waals surface area contributed by atoms with Crippen LogP contribution >= 0.6 is 0 Å². The van der Waals surface area contributed by atoms with E-state index in [-0.39, 0.29) is 36.1 Å². The van der Waals surface area contributed by atoms with Crippen LogP contribution in [0.15, 0.2) is 41.0 Å². The molecule has 1 aromatic carbocycles. The highest BCUT2D eigenvalue weighted by Gasteiger charge is 2.42. The van der Waals surface area contributed by atoms with Gasteiger partial charge in [-0.2, -0.15) is 0 Å². The standard InChI is InChI=1S/C24H26N4O5/c1-15(29)26-8-6-16(7-9-26)23(31)27-10-11-28-20(14-27)22(30)25-19-5-4-17(13-18(19)24(28)32)21-3-2-12-33-21/h2-5,12-13,16,20H,6-11,14H2,1H3,(H,25,30). The number of nitrogens with zero attached hydrogens (tertiary/aromatic N) is 3. The first-order valence-corrected chi connectivity index (χ1v) is 11.3. The number of piperidine rings is 1. The highest BCUT2D eigenvalue weighted by molar-refractivity contribution is 6.10. The molecule has 2 aromatic rings. The van der Waals surface area contributed by atoms with Crippen LogP contribution in [0.2, 0.25) is 0 Å². The van der Waals surface area contributed by atoms with E-state index >= 15 is 0 Å². The second-order valence-corrected chi connectivity index (χ2v) is 8.81. The predicted molar refractivity (Wildman–Crippen MR) is 119 cm³/mol. The van der Waals surface area contributed by atoms with Crippen LogP contribution in [0, 0.1) is 5.92 Å². The van der Waals surface area contributed by atoms with Gasteiger partial charge >= 0.3 is 0 Å². The smallest absolute Gasteiger partial charge is 0.256 e. The Morgan fingerprint density at radius 1 is 1.03 bits per heavy atom. The zero-order valence-corrected chi connectivity index (χ0v) is 18.5. The molecule has 1 unspecified atom stereocenters. The van der Waals surface area contributed by atoms with Crippen molar-refractivity contribution in [2.24, 2.45) is 5.92 Å². The van der Waals surface area contributed by atoms with Gasteiger partial charge in [-0.3, -0.25) is 19.2 Å². The molecule has 0 radical (unpaired) electrons. The quantitative estimate of drug-likeness (QED) is 0.752. The highest BCUT2D eigenvalue weighted by atomic mass is 16.3. The summed E-state index contributed by atoms with van der Waals surface area (Å²) in [5.74, 6) is -0.0213. The first-order valence-electron chi connectivity index (χ1n) is 11.3. The van der Waals surface area contributed by atoms with E-state index in [1.54, 1.807) is 52.2 Å². The Morgan fingerprint density at radius 2 is 1.82 bits per heavy atom. The van der Waals surface area contributed by atoms with Crippen LogP contribution in [0.25, 0.3) is 11.3 Å². The van der Waals surface area contributed by atoms with E-state index < -0.39 is 6.04 Å². The van der Waals surface area contributed by atoms with Crippen LogP contribution < -0.4 is 5.32 Å². The van der Waals surface area contributed by atoms with Crippen LogP contribution in [-0.2, 0) is 14.4 Å². The summed E-state index contributed by atoms with van der Waals surface area (Å²) in [6.45, 7) is 3.53. The van der Waals surface area contributed by atoms with E-state index in [0.717, 1.165) is 5.56 Å². The van der Waals surface area contributed by atoms with Crippen LogP contribution in [0.4, 0.5) is 5.69 Å². The highest BCUT2D eigenvalue weighted by Crippen LogP contribution is 2.31. The average molecular weight is 450 g/mol. The number of carbonyl (C=O) groups excluding carboxylic acids is 4. The summed E-state index contributed by atoms with van der Waals surface area (Å²) in [5.41, 5.74) is 1.63. The lowest BCUT2D eigenvalue weighted by atomic mass is 9.94. The van der Waals surface area contributed by atoms with E-state index in [9.17, 15) is 19.2 Å². The second kappa shape index (κ2) is 8.38. The van der Waals surface area contributed by atoms with Gasteiger partial charge in [-0.1, -0.05) is 0 Å². The molecule has 0 aliphatic carbocycles. The van der Waals surface area contributed by atoms with E-state index in [4.69, 9.17) is 4.42 Å². The van der Waals surface area contributed by atoms with Crippen molar-refractivity contribution in [1.29, 1.82) is 0 Å². The Hall–Kier alpha value is -3.62. The lowest BCUT2D eigenvalue weighted by Gasteiger charge is -2.41. The average Bonchev–Trinajstić information content (AvgIpc) is 3.35. The maximum absolute atomic E-state index is 13.4. The van der Waals surface area contributed by atoms with Gasteiger partial charge in [0.05, 0.1) is 24.1 Å². The molecule has 5 rings (SSSR count). The number of carbonyl (C=O) groups is 4. The monoisotopic (exact) mass is 450 g/mol. The van der Waals surface area contributed by atoms with Gasteiger partial charge in [-0.05, 0) is 43.2 Å². The van der Waals surface area contributed by atoms with Crippen molar-refractivity contribution in [2.45, 2.75) is 25.8 Å². The van der Waals surface area contributed by atoms with E-state index in [1.807, 2.05) is 6.07 Å². The molecular formula is C24H26N4O5. The summed E-state index contributed by atoms with van der Waals surface area (Å²) in [7, 11) is 0. The molecular weight excluding hydrogens is 424 g/mol. The fourth-order valence-electron chi connectivity index (χ4n) is 4.95. The first-order chi connectivity index (χ1) is 15.9. The van der Waals surface area contributed by atoms with Gasteiger partial charge in [0.25, 0.3) is 5.91 Å². The van der Waals surface area contributed by atoms with Gasteiger partial charge in [-0.25, -0.2) is 0 Å². The van der Waals surface area contributed by atoms with Gasteiger partial charge in [0, 0.05) is 44.6 Å². The molecule has 2 fully saturated rings. The van der Waals surface area contributed by atoms with Crippen molar-refractivity contribution < 1.29 is 23.6 Å². The van der Waals surface area contributed by atoms with E-state index in [0.29, 0.717) is 56.0 Å². The van der Waals surface area contributed by atoms with Gasteiger partial charge in [-0.15, -0.1) is 0 Å². The minimum Gasteiger partial charge on any atom is -0.464 e. The van der Waals surface area contributed by atoms with Gasteiger partial charge < -0.3 is 24.4 Å². The van der Waals surface area contributed by atoms with Gasteiger partial charge in [0.2, 0.25) is 17.7 Å². The third-order valence-corrected chi connectivity index (χ3v) is 6.86. The van der Waals surface area contributed by atoms with Crippen molar-refractivity contribution in [3.63, 3.8) is 0 Å². The molecule has 1 aromatic heterocycles. The number of hydrogen-bond donors (Lipinski definition) is 1. The third kappa shape index (κ3) is 3.88. The fourth-order valence-corrected chi connectivity index (χ4v) is 4.95. The molecule has 172 valence electrons. The summed E-state index contributed by atoms with van der Waals surface area (Å²) in [6.07, 6.45) is 2.81. The lowest BCUT2D eigenvalue weighted by molar-refractivity contribution is -0.143. The number of furan rings is 1.